The van der Waals surface area contributed by atoms with Crippen LogP contribution in [0.3, 0.4) is 0 Å². The average Bonchev–Trinajstić information content (AvgIpc) is 3.48. The highest BCUT2D eigenvalue weighted by Gasteiger charge is 2.49. The second kappa shape index (κ2) is 9.52. The molecule has 0 spiro atoms. The molecule has 0 aliphatic carbocycles. The van der Waals surface area contributed by atoms with E-state index >= 15 is 0 Å². The number of aromatic nitrogens is 2. The summed E-state index contributed by atoms with van der Waals surface area (Å²) in [5, 5.41) is 8.04. The van der Waals surface area contributed by atoms with Crippen LogP contribution < -0.4 is 10.6 Å². The van der Waals surface area contributed by atoms with Gasteiger partial charge in [-0.25, -0.2) is 19.2 Å². The third-order valence-electron chi connectivity index (χ3n) is 6.38. The highest BCUT2D eigenvalue weighted by Crippen LogP contribution is 2.31. The van der Waals surface area contributed by atoms with Crippen LogP contribution in [0.25, 0.3) is 22.0 Å². The lowest BCUT2D eigenvalue weighted by Gasteiger charge is -2.18. The second-order valence-electron chi connectivity index (χ2n) is 8.72. The Labute approximate surface area is 206 Å². The number of fused-ring (bicyclic) bond motifs is 2. The van der Waals surface area contributed by atoms with Crippen LogP contribution in [0.2, 0.25) is 0 Å². The molecule has 3 heterocycles. The van der Waals surface area contributed by atoms with E-state index in [2.05, 4.69) is 20.6 Å². The number of anilines is 2. The Morgan fingerprint density at radius 2 is 1.81 bits per heavy atom. The summed E-state index contributed by atoms with van der Waals surface area (Å²) in [5.74, 6) is 0.0511. The Hall–Kier alpha value is -4.08. The van der Waals surface area contributed by atoms with Crippen molar-refractivity contribution in [1.82, 2.24) is 9.97 Å². The Balaban J connectivity index is 1.09. The third-order valence-corrected chi connectivity index (χ3v) is 6.38. The molecule has 4 aromatic rings. The van der Waals surface area contributed by atoms with Gasteiger partial charge in [-0.3, -0.25) is 5.32 Å². The van der Waals surface area contributed by atoms with Crippen molar-refractivity contribution in [3.8, 4) is 11.3 Å². The van der Waals surface area contributed by atoms with Crippen molar-refractivity contribution < 1.29 is 23.4 Å². The van der Waals surface area contributed by atoms with E-state index in [1.165, 1.54) is 12.1 Å². The largest absolute Gasteiger partial charge is 0.441 e. The molecule has 36 heavy (non-hydrogen) atoms. The van der Waals surface area contributed by atoms with Crippen molar-refractivity contribution in [2.45, 2.75) is 24.4 Å². The molecule has 2 aliphatic heterocycles. The van der Waals surface area contributed by atoms with Crippen LogP contribution >= 0.6 is 0 Å². The number of nitrogens with one attached hydrogen (secondary N) is 2. The van der Waals surface area contributed by atoms with E-state index in [1.54, 1.807) is 24.4 Å². The molecule has 2 N–H and O–H groups in total. The van der Waals surface area contributed by atoms with Gasteiger partial charge >= 0.3 is 6.09 Å². The maximum absolute atomic E-state index is 13.6. The second-order valence-corrected chi connectivity index (χ2v) is 8.72. The molecule has 2 fully saturated rings. The van der Waals surface area contributed by atoms with Gasteiger partial charge in [0.15, 0.2) is 6.10 Å². The number of ether oxygens (including phenoxy) is 3. The summed E-state index contributed by atoms with van der Waals surface area (Å²) in [6.45, 7) is 0.564. The van der Waals surface area contributed by atoms with Gasteiger partial charge in [-0.2, -0.15) is 0 Å². The van der Waals surface area contributed by atoms with Crippen LogP contribution in [0, 0.1) is 5.82 Å². The topological polar surface area (TPSA) is 94.6 Å². The van der Waals surface area contributed by atoms with Crippen molar-refractivity contribution in [1.29, 1.82) is 0 Å². The van der Waals surface area contributed by atoms with E-state index in [-0.39, 0.29) is 24.6 Å². The molecule has 8 nitrogen and oxygen atoms in total. The predicted octanol–water partition coefficient (Wildman–Crippen LogP) is 4.63. The molecule has 0 unspecified atom stereocenters. The first-order chi connectivity index (χ1) is 17.6. The maximum atomic E-state index is 13.6. The number of rotatable bonds is 5. The molecule has 0 radical (unpaired) electrons. The van der Waals surface area contributed by atoms with E-state index in [0.29, 0.717) is 29.5 Å². The molecule has 9 heteroatoms. The third kappa shape index (κ3) is 4.46. The summed E-state index contributed by atoms with van der Waals surface area (Å²) in [5.41, 5.74) is 1.93. The lowest BCUT2D eigenvalue weighted by molar-refractivity contribution is 0.00917. The highest BCUT2D eigenvalue weighted by molar-refractivity contribution is 6.00. The number of amides is 1. The number of hydrogen-bond donors (Lipinski definition) is 2. The molecule has 3 aromatic carbocycles. The first kappa shape index (κ1) is 22.4. The lowest BCUT2D eigenvalue weighted by atomic mass is 10.1. The number of nitrogens with zero attached hydrogens (tertiary/aromatic N) is 2. The summed E-state index contributed by atoms with van der Waals surface area (Å²) in [4.78, 5) is 21.4. The van der Waals surface area contributed by atoms with Crippen molar-refractivity contribution in [2.75, 3.05) is 23.8 Å². The number of hydrogen-bond acceptors (Lipinski definition) is 7. The molecule has 4 atom stereocenters. The van der Waals surface area contributed by atoms with Crippen LogP contribution in [-0.2, 0) is 14.2 Å². The van der Waals surface area contributed by atoms with Crippen LogP contribution in [0.1, 0.15) is 0 Å². The van der Waals surface area contributed by atoms with E-state index < -0.39 is 18.3 Å². The van der Waals surface area contributed by atoms with Gasteiger partial charge in [0.05, 0.1) is 30.6 Å². The van der Waals surface area contributed by atoms with Crippen molar-refractivity contribution in [2.24, 2.45) is 0 Å². The van der Waals surface area contributed by atoms with Crippen molar-refractivity contribution in [3.05, 3.63) is 84.8 Å². The molecular weight excluding hydrogens is 463 g/mol. The first-order valence-corrected chi connectivity index (χ1v) is 11.7. The van der Waals surface area contributed by atoms with Gasteiger partial charge in [-0.05, 0) is 29.7 Å². The zero-order chi connectivity index (χ0) is 24.5. The summed E-state index contributed by atoms with van der Waals surface area (Å²) < 4.78 is 31.1. The Bertz CT molecular complexity index is 1410. The standard InChI is InChI=1S/C27H23FN4O4/c28-18-8-3-7-17(13-18)20-11-12-29-26(30-20)31-22-14-34-25-23(15-35-24(22)25)36-27(33)32-21-10-4-6-16-5-1-2-9-19(16)21/h1-13,22-25H,14-15H2,(H,32,33)(H,29,30,31)/t22-,23+,24+,25+/m0/s1. The summed E-state index contributed by atoms with van der Waals surface area (Å²) >= 11 is 0. The van der Waals surface area contributed by atoms with Gasteiger partial charge in [-0.15, -0.1) is 0 Å². The minimum Gasteiger partial charge on any atom is -0.441 e. The first-order valence-electron chi connectivity index (χ1n) is 11.7. The monoisotopic (exact) mass is 486 g/mol. The Kier molecular flexibility index (Phi) is 5.92. The summed E-state index contributed by atoms with van der Waals surface area (Å²) in [6, 6.07) is 21.2. The van der Waals surface area contributed by atoms with Gasteiger partial charge in [-0.1, -0.05) is 48.5 Å². The number of carbonyl (C=O) groups is 1. The Morgan fingerprint density at radius 1 is 0.972 bits per heavy atom. The van der Waals surface area contributed by atoms with Crippen molar-refractivity contribution >= 4 is 28.5 Å². The van der Waals surface area contributed by atoms with Gasteiger partial charge in [0, 0.05) is 17.1 Å². The minimum absolute atomic E-state index is 0.223. The molecule has 6 rings (SSSR count). The fourth-order valence-corrected chi connectivity index (χ4v) is 4.70. The molecule has 2 aliphatic rings. The lowest BCUT2D eigenvalue weighted by Crippen LogP contribution is -2.38. The summed E-state index contributed by atoms with van der Waals surface area (Å²) in [6.07, 6.45) is -0.237. The highest BCUT2D eigenvalue weighted by atomic mass is 19.1. The smallest absolute Gasteiger partial charge is 0.412 e. The van der Waals surface area contributed by atoms with Crippen molar-refractivity contribution in [3.63, 3.8) is 0 Å². The average molecular weight is 487 g/mol. The van der Waals surface area contributed by atoms with Crippen LogP contribution in [-0.4, -0.2) is 53.6 Å². The van der Waals surface area contributed by atoms with Gasteiger partial charge in [0.2, 0.25) is 5.95 Å². The number of benzene rings is 3. The van der Waals surface area contributed by atoms with Crippen LogP contribution in [0.15, 0.2) is 79.0 Å². The molecule has 1 amide bonds. The van der Waals surface area contributed by atoms with Crippen LogP contribution in [0.4, 0.5) is 20.8 Å². The normalized spacial score (nSPS) is 22.8. The zero-order valence-corrected chi connectivity index (χ0v) is 19.1. The molecule has 182 valence electrons. The van der Waals surface area contributed by atoms with Gasteiger partial charge in [0.1, 0.15) is 18.0 Å². The number of halogens is 1. The van der Waals surface area contributed by atoms with E-state index in [9.17, 15) is 9.18 Å². The minimum atomic E-state index is -0.563. The van der Waals surface area contributed by atoms with Crippen LogP contribution in [0.5, 0.6) is 0 Å². The zero-order valence-electron chi connectivity index (χ0n) is 19.1. The fraction of sp³-hybridized carbons (Fsp3) is 0.222. The molecule has 1 aromatic heterocycles. The van der Waals surface area contributed by atoms with Gasteiger partial charge in [0.25, 0.3) is 0 Å². The molecule has 0 saturated carbocycles. The SMILES string of the molecule is O=C(Nc1cccc2ccccc12)O[C@@H]1CO[C@H]2[C@@H]1OC[C@@H]2Nc1nccc(-c2cccc(F)c2)n1. The van der Waals surface area contributed by atoms with E-state index in [0.717, 1.165) is 10.8 Å². The van der Waals surface area contributed by atoms with E-state index in [1.807, 2.05) is 42.5 Å². The fourth-order valence-electron chi connectivity index (χ4n) is 4.70. The van der Waals surface area contributed by atoms with Gasteiger partial charge < -0.3 is 19.5 Å². The Morgan fingerprint density at radius 3 is 2.72 bits per heavy atom. The molecule has 0 bridgehead atoms. The quantitative estimate of drug-likeness (QED) is 0.425. The van der Waals surface area contributed by atoms with E-state index in [4.69, 9.17) is 14.2 Å². The predicted molar refractivity (Wildman–Crippen MR) is 132 cm³/mol. The summed E-state index contributed by atoms with van der Waals surface area (Å²) in [7, 11) is 0. The number of carbonyl (C=O) groups excluding carboxylic acids is 1. The molecular formula is C27H23FN4O4. The maximum Gasteiger partial charge on any atom is 0.412 e. The molecule has 2 saturated heterocycles.